The van der Waals surface area contributed by atoms with E-state index in [0.29, 0.717) is 11.6 Å². The minimum Gasteiger partial charge on any atom is -0.317 e. The maximum absolute atomic E-state index is 13.6. The van der Waals surface area contributed by atoms with Crippen molar-refractivity contribution in [2.45, 2.75) is 37.6 Å². The second kappa shape index (κ2) is 4.91. The summed E-state index contributed by atoms with van der Waals surface area (Å²) in [7, 11) is 1.93. The highest BCUT2D eigenvalue weighted by molar-refractivity contribution is 5.23. The lowest BCUT2D eigenvalue weighted by Crippen LogP contribution is -2.30. The number of rotatable bonds is 2. The number of hydrogen-bond donors (Lipinski definition) is 1. The summed E-state index contributed by atoms with van der Waals surface area (Å²) >= 11 is 0. The minimum atomic E-state index is -0.344. The Kier molecular flexibility index (Phi) is 3.54. The van der Waals surface area contributed by atoms with Crippen molar-refractivity contribution in [2.24, 2.45) is 0 Å². The third-order valence-corrected chi connectivity index (χ3v) is 3.48. The van der Waals surface area contributed by atoms with E-state index in [0.717, 1.165) is 25.7 Å². The Bertz CT molecular complexity index is 365. The molecular formula is C13H17F2N. The maximum atomic E-state index is 13.6. The lowest BCUT2D eigenvalue weighted by Gasteiger charge is -2.29. The Morgan fingerprint density at radius 2 is 2.06 bits per heavy atom. The van der Waals surface area contributed by atoms with Crippen LogP contribution in [-0.4, -0.2) is 13.1 Å². The standard InChI is InChI=1S/C13H17F2N/c1-16-11-4-2-3-9(7-11)12-8-10(14)5-6-13(12)15/h5-6,8-9,11,16H,2-4,7H2,1H3. The maximum Gasteiger partial charge on any atom is 0.126 e. The molecule has 0 aliphatic heterocycles. The Labute approximate surface area is 94.9 Å². The fourth-order valence-corrected chi connectivity index (χ4v) is 2.56. The summed E-state index contributed by atoms with van der Waals surface area (Å²) in [5.74, 6) is -0.465. The summed E-state index contributed by atoms with van der Waals surface area (Å²) in [5.41, 5.74) is 0.542. The zero-order chi connectivity index (χ0) is 11.5. The van der Waals surface area contributed by atoms with Crippen LogP contribution in [0.15, 0.2) is 18.2 Å². The van der Waals surface area contributed by atoms with Gasteiger partial charge in [-0.3, -0.25) is 0 Å². The van der Waals surface area contributed by atoms with Crippen LogP contribution >= 0.6 is 0 Å². The van der Waals surface area contributed by atoms with Gasteiger partial charge in [0.1, 0.15) is 11.6 Å². The van der Waals surface area contributed by atoms with Gasteiger partial charge in [0, 0.05) is 6.04 Å². The first-order chi connectivity index (χ1) is 7.70. The van der Waals surface area contributed by atoms with Crippen LogP contribution in [0.4, 0.5) is 8.78 Å². The number of halogens is 2. The molecule has 0 saturated heterocycles. The second-order valence-electron chi connectivity index (χ2n) is 4.51. The number of hydrogen-bond acceptors (Lipinski definition) is 1. The van der Waals surface area contributed by atoms with Gasteiger partial charge in [0.2, 0.25) is 0 Å². The first-order valence-corrected chi connectivity index (χ1v) is 5.83. The van der Waals surface area contributed by atoms with Crippen molar-refractivity contribution in [3.63, 3.8) is 0 Å². The van der Waals surface area contributed by atoms with Gasteiger partial charge in [0.05, 0.1) is 0 Å². The third-order valence-electron chi connectivity index (χ3n) is 3.48. The van der Waals surface area contributed by atoms with E-state index < -0.39 is 0 Å². The molecule has 2 atom stereocenters. The van der Waals surface area contributed by atoms with Crippen molar-refractivity contribution in [3.8, 4) is 0 Å². The fraction of sp³-hybridized carbons (Fsp3) is 0.538. The zero-order valence-corrected chi connectivity index (χ0v) is 9.47. The zero-order valence-electron chi connectivity index (χ0n) is 9.47. The monoisotopic (exact) mass is 225 g/mol. The normalized spacial score (nSPS) is 25.7. The van der Waals surface area contributed by atoms with Gasteiger partial charge in [-0.05, 0) is 56.0 Å². The van der Waals surface area contributed by atoms with Crippen molar-refractivity contribution in [2.75, 3.05) is 7.05 Å². The molecule has 1 aromatic rings. The van der Waals surface area contributed by atoms with Crippen LogP contribution in [0.3, 0.4) is 0 Å². The highest BCUT2D eigenvalue weighted by atomic mass is 19.1. The lowest BCUT2D eigenvalue weighted by atomic mass is 9.81. The van der Waals surface area contributed by atoms with Crippen LogP contribution in [-0.2, 0) is 0 Å². The van der Waals surface area contributed by atoms with Gasteiger partial charge >= 0.3 is 0 Å². The Morgan fingerprint density at radius 3 is 2.81 bits per heavy atom. The first kappa shape index (κ1) is 11.5. The summed E-state index contributed by atoms with van der Waals surface area (Å²) < 4.78 is 26.7. The summed E-state index contributed by atoms with van der Waals surface area (Å²) in [6, 6.07) is 4.18. The molecule has 0 bridgehead atoms. The van der Waals surface area contributed by atoms with Crippen molar-refractivity contribution in [1.29, 1.82) is 0 Å². The van der Waals surface area contributed by atoms with Crippen molar-refractivity contribution in [3.05, 3.63) is 35.4 Å². The van der Waals surface area contributed by atoms with Crippen molar-refractivity contribution in [1.82, 2.24) is 5.32 Å². The molecule has 2 rings (SSSR count). The molecule has 0 radical (unpaired) electrons. The van der Waals surface area contributed by atoms with Gasteiger partial charge in [-0.1, -0.05) is 6.42 Å². The van der Waals surface area contributed by atoms with Gasteiger partial charge in [0.25, 0.3) is 0 Å². The SMILES string of the molecule is CNC1CCCC(c2cc(F)ccc2F)C1. The number of benzene rings is 1. The molecule has 1 N–H and O–H groups in total. The Hall–Kier alpha value is -0.960. The predicted octanol–water partition coefficient (Wildman–Crippen LogP) is 3.21. The summed E-state index contributed by atoms with van der Waals surface area (Å²) in [4.78, 5) is 0. The van der Waals surface area contributed by atoms with Gasteiger partial charge in [-0.15, -0.1) is 0 Å². The van der Waals surface area contributed by atoms with Crippen LogP contribution in [0.1, 0.15) is 37.2 Å². The van der Waals surface area contributed by atoms with E-state index in [9.17, 15) is 8.78 Å². The highest BCUT2D eigenvalue weighted by Gasteiger charge is 2.24. The van der Waals surface area contributed by atoms with Crippen LogP contribution in [0.5, 0.6) is 0 Å². The lowest BCUT2D eigenvalue weighted by molar-refractivity contribution is 0.348. The molecule has 1 aliphatic carbocycles. The van der Waals surface area contributed by atoms with Crippen LogP contribution in [0, 0.1) is 11.6 Å². The van der Waals surface area contributed by atoms with E-state index in [1.165, 1.54) is 18.2 Å². The van der Waals surface area contributed by atoms with Gasteiger partial charge in [0.15, 0.2) is 0 Å². The molecule has 0 amide bonds. The van der Waals surface area contributed by atoms with E-state index in [1.807, 2.05) is 7.05 Å². The smallest absolute Gasteiger partial charge is 0.126 e. The van der Waals surface area contributed by atoms with Gasteiger partial charge < -0.3 is 5.32 Å². The molecule has 0 heterocycles. The first-order valence-electron chi connectivity index (χ1n) is 5.83. The molecule has 1 fully saturated rings. The molecule has 1 aromatic carbocycles. The fourth-order valence-electron chi connectivity index (χ4n) is 2.56. The quantitative estimate of drug-likeness (QED) is 0.815. The molecule has 0 spiro atoms. The molecule has 1 aliphatic rings. The second-order valence-corrected chi connectivity index (χ2v) is 4.51. The Balaban J connectivity index is 2.19. The van der Waals surface area contributed by atoms with E-state index in [2.05, 4.69) is 5.32 Å². The summed E-state index contributed by atoms with van der Waals surface area (Å²) in [6.45, 7) is 0. The minimum absolute atomic E-state index is 0.155. The third kappa shape index (κ3) is 2.40. The molecule has 1 saturated carbocycles. The summed E-state index contributed by atoms with van der Waals surface area (Å²) in [6.07, 6.45) is 4.06. The molecular weight excluding hydrogens is 208 g/mol. The van der Waals surface area contributed by atoms with E-state index in [4.69, 9.17) is 0 Å². The van der Waals surface area contributed by atoms with Crippen molar-refractivity contribution >= 4 is 0 Å². The molecule has 3 heteroatoms. The highest BCUT2D eigenvalue weighted by Crippen LogP contribution is 2.34. The summed E-state index contributed by atoms with van der Waals surface area (Å²) in [5, 5.41) is 3.22. The van der Waals surface area contributed by atoms with Gasteiger partial charge in [-0.2, -0.15) is 0 Å². The largest absolute Gasteiger partial charge is 0.317 e. The van der Waals surface area contributed by atoms with Crippen LogP contribution < -0.4 is 5.32 Å². The topological polar surface area (TPSA) is 12.0 Å². The van der Waals surface area contributed by atoms with Gasteiger partial charge in [-0.25, -0.2) is 8.78 Å². The van der Waals surface area contributed by atoms with E-state index in [1.54, 1.807) is 0 Å². The van der Waals surface area contributed by atoms with Crippen molar-refractivity contribution < 1.29 is 8.78 Å². The van der Waals surface area contributed by atoms with E-state index in [-0.39, 0.29) is 17.6 Å². The average molecular weight is 225 g/mol. The molecule has 0 aromatic heterocycles. The predicted molar refractivity (Wildman–Crippen MR) is 60.4 cm³/mol. The van der Waals surface area contributed by atoms with Crippen LogP contribution in [0.2, 0.25) is 0 Å². The molecule has 16 heavy (non-hydrogen) atoms. The Morgan fingerprint density at radius 1 is 1.25 bits per heavy atom. The molecule has 1 nitrogen and oxygen atoms in total. The molecule has 2 unspecified atom stereocenters. The average Bonchev–Trinajstić information content (AvgIpc) is 2.32. The van der Waals surface area contributed by atoms with E-state index >= 15 is 0 Å². The van der Waals surface area contributed by atoms with Crippen LogP contribution in [0.25, 0.3) is 0 Å². The molecule has 88 valence electrons. The number of nitrogens with one attached hydrogen (secondary N) is 1.